The predicted molar refractivity (Wildman–Crippen MR) is 92.7 cm³/mol. The standard InChI is InChI=1S/C14H21N5O4S/c1-17(2)24(22,23)8-7-15-13(20)16-10-5-6-11-12(9-10)19(4)14(21)18(11)3/h5-6,9H,7-8H2,1-4H3,(H2,15,16,20). The van der Waals surface area contributed by atoms with E-state index in [2.05, 4.69) is 10.6 Å². The van der Waals surface area contributed by atoms with E-state index in [0.29, 0.717) is 11.2 Å². The van der Waals surface area contributed by atoms with Gasteiger partial charge in [0.1, 0.15) is 0 Å². The molecule has 2 rings (SSSR count). The molecule has 2 amide bonds. The number of nitrogens with one attached hydrogen (secondary N) is 2. The number of rotatable bonds is 5. The number of nitrogens with zero attached hydrogens (tertiary/aromatic N) is 3. The number of benzene rings is 1. The second-order valence-electron chi connectivity index (χ2n) is 5.58. The molecule has 0 bridgehead atoms. The Morgan fingerprint density at radius 1 is 1.17 bits per heavy atom. The first-order chi connectivity index (χ1) is 11.1. The van der Waals surface area contributed by atoms with Crippen LogP contribution in [0.1, 0.15) is 0 Å². The highest BCUT2D eigenvalue weighted by atomic mass is 32.2. The fourth-order valence-electron chi connectivity index (χ4n) is 2.24. The minimum atomic E-state index is -3.35. The molecule has 0 aliphatic heterocycles. The summed E-state index contributed by atoms with van der Waals surface area (Å²) in [5.74, 6) is -0.181. The van der Waals surface area contributed by atoms with Crippen LogP contribution in [0.4, 0.5) is 10.5 Å². The van der Waals surface area contributed by atoms with Crippen LogP contribution >= 0.6 is 0 Å². The molecule has 0 aliphatic rings. The summed E-state index contributed by atoms with van der Waals surface area (Å²) in [4.78, 5) is 23.7. The summed E-state index contributed by atoms with van der Waals surface area (Å²) in [5, 5.41) is 5.11. The van der Waals surface area contributed by atoms with Gasteiger partial charge in [0, 0.05) is 40.4 Å². The van der Waals surface area contributed by atoms with Gasteiger partial charge < -0.3 is 10.6 Å². The van der Waals surface area contributed by atoms with Crippen molar-refractivity contribution in [3.05, 3.63) is 28.7 Å². The smallest absolute Gasteiger partial charge is 0.328 e. The SMILES string of the molecule is CN(C)S(=O)(=O)CCNC(=O)Nc1ccc2c(c1)n(C)c(=O)n2C. The number of aryl methyl sites for hydroxylation is 2. The van der Waals surface area contributed by atoms with Gasteiger partial charge in [-0.2, -0.15) is 0 Å². The molecular weight excluding hydrogens is 334 g/mol. The van der Waals surface area contributed by atoms with Gasteiger partial charge in [-0.15, -0.1) is 0 Å². The first-order valence-electron chi connectivity index (χ1n) is 7.24. The summed E-state index contributed by atoms with van der Waals surface area (Å²) in [7, 11) is 2.85. The molecule has 2 N–H and O–H groups in total. The fourth-order valence-corrected chi connectivity index (χ4v) is 2.96. The van der Waals surface area contributed by atoms with Gasteiger partial charge in [0.2, 0.25) is 10.0 Å². The van der Waals surface area contributed by atoms with Gasteiger partial charge in [-0.1, -0.05) is 0 Å². The normalized spacial score (nSPS) is 11.9. The first-order valence-corrected chi connectivity index (χ1v) is 8.85. The average Bonchev–Trinajstić information content (AvgIpc) is 2.71. The monoisotopic (exact) mass is 355 g/mol. The lowest BCUT2D eigenvalue weighted by Crippen LogP contribution is -2.36. The number of sulfonamides is 1. The Hall–Kier alpha value is -2.33. The predicted octanol–water partition coefficient (Wildman–Crippen LogP) is -0.110. The van der Waals surface area contributed by atoms with Gasteiger partial charge >= 0.3 is 11.7 Å². The third kappa shape index (κ3) is 3.60. The van der Waals surface area contributed by atoms with E-state index in [4.69, 9.17) is 0 Å². The molecule has 132 valence electrons. The van der Waals surface area contributed by atoms with E-state index in [1.807, 2.05) is 0 Å². The molecule has 1 aromatic heterocycles. The van der Waals surface area contributed by atoms with Crippen LogP contribution in [-0.4, -0.2) is 54.3 Å². The van der Waals surface area contributed by atoms with Crippen LogP contribution in [0.2, 0.25) is 0 Å². The van der Waals surface area contributed by atoms with Crippen LogP contribution in [0.25, 0.3) is 11.0 Å². The van der Waals surface area contributed by atoms with Crippen molar-refractivity contribution in [2.75, 3.05) is 31.7 Å². The molecule has 0 fully saturated rings. The largest absolute Gasteiger partial charge is 0.337 e. The number of imidazole rings is 1. The van der Waals surface area contributed by atoms with Crippen molar-refractivity contribution < 1.29 is 13.2 Å². The number of hydrogen-bond acceptors (Lipinski definition) is 4. The average molecular weight is 355 g/mol. The van der Waals surface area contributed by atoms with Crippen LogP contribution in [0.5, 0.6) is 0 Å². The third-order valence-corrected chi connectivity index (χ3v) is 5.56. The number of hydrogen-bond donors (Lipinski definition) is 2. The van der Waals surface area contributed by atoms with Crippen molar-refractivity contribution >= 4 is 32.8 Å². The van der Waals surface area contributed by atoms with Crippen LogP contribution in [0, 0.1) is 0 Å². The summed E-state index contributed by atoms with van der Waals surface area (Å²) in [6.45, 7) is -0.00157. The maximum atomic E-state index is 11.9. The molecule has 1 aromatic carbocycles. The number of aromatic nitrogens is 2. The first kappa shape index (κ1) is 18.0. The topological polar surface area (TPSA) is 105 Å². The highest BCUT2D eigenvalue weighted by Gasteiger charge is 2.14. The summed E-state index contributed by atoms with van der Waals surface area (Å²) in [6, 6.07) is 4.59. The minimum Gasteiger partial charge on any atom is -0.337 e. The van der Waals surface area contributed by atoms with Gasteiger partial charge in [0.25, 0.3) is 0 Å². The Morgan fingerprint density at radius 3 is 2.42 bits per heavy atom. The van der Waals surface area contributed by atoms with Crippen molar-refractivity contribution in [3.63, 3.8) is 0 Å². The minimum absolute atomic E-state index is 0.00157. The molecular formula is C14H21N5O4S. The van der Waals surface area contributed by atoms with Crippen LogP contribution in [0.3, 0.4) is 0 Å². The molecule has 2 aromatic rings. The van der Waals surface area contributed by atoms with Gasteiger partial charge in [-0.25, -0.2) is 22.3 Å². The Balaban J connectivity index is 2.03. The molecule has 10 heteroatoms. The molecule has 0 saturated carbocycles. The number of anilines is 1. The summed E-state index contributed by atoms with van der Waals surface area (Å²) in [6.07, 6.45) is 0. The van der Waals surface area contributed by atoms with Crippen molar-refractivity contribution in [2.24, 2.45) is 14.1 Å². The Kier molecular flexibility index (Phi) is 4.99. The quantitative estimate of drug-likeness (QED) is 0.780. The lowest BCUT2D eigenvalue weighted by molar-refractivity contribution is 0.252. The van der Waals surface area contributed by atoms with E-state index in [0.717, 1.165) is 9.82 Å². The lowest BCUT2D eigenvalue weighted by atomic mass is 10.2. The summed E-state index contributed by atoms with van der Waals surface area (Å²) >= 11 is 0. The molecule has 0 radical (unpaired) electrons. The van der Waals surface area contributed by atoms with E-state index in [9.17, 15) is 18.0 Å². The van der Waals surface area contributed by atoms with E-state index in [1.165, 1.54) is 23.2 Å². The van der Waals surface area contributed by atoms with Crippen molar-refractivity contribution in [3.8, 4) is 0 Å². The van der Waals surface area contributed by atoms with Gasteiger partial charge in [-0.05, 0) is 18.2 Å². The molecule has 9 nitrogen and oxygen atoms in total. The number of amides is 2. The van der Waals surface area contributed by atoms with Gasteiger partial charge in [0.15, 0.2) is 0 Å². The van der Waals surface area contributed by atoms with Gasteiger partial charge in [-0.3, -0.25) is 9.13 Å². The zero-order chi connectivity index (χ0) is 18.1. The molecule has 0 spiro atoms. The fraction of sp³-hybridized carbons (Fsp3) is 0.429. The molecule has 0 aliphatic carbocycles. The molecule has 0 unspecified atom stereocenters. The third-order valence-electron chi connectivity index (χ3n) is 3.73. The summed E-state index contributed by atoms with van der Waals surface area (Å²) < 4.78 is 27.3. The van der Waals surface area contributed by atoms with Crippen LogP contribution in [0.15, 0.2) is 23.0 Å². The maximum absolute atomic E-state index is 11.9. The van der Waals surface area contributed by atoms with Crippen molar-refractivity contribution in [2.45, 2.75) is 0 Å². The Bertz CT molecular complexity index is 927. The highest BCUT2D eigenvalue weighted by Crippen LogP contribution is 2.17. The zero-order valence-corrected chi connectivity index (χ0v) is 14.8. The lowest BCUT2D eigenvalue weighted by Gasteiger charge is -2.12. The summed E-state index contributed by atoms with van der Waals surface area (Å²) in [5.41, 5.74) is 1.80. The van der Waals surface area contributed by atoms with E-state index in [-0.39, 0.29) is 18.0 Å². The number of fused-ring (bicyclic) bond motifs is 1. The Labute approximate surface area is 139 Å². The number of carbonyl (C=O) groups is 1. The number of urea groups is 1. The van der Waals surface area contributed by atoms with Crippen LogP contribution in [-0.2, 0) is 24.1 Å². The van der Waals surface area contributed by atoms with E-state index in [1.54, 1.807) is 32.3 Å². The molecule has 1 heterocycles. The van der Waals surface area contributed by atoms with E-state index < -0.39 is 16.1 Å². The van der Waals surface area contributed by atoms with E-state index >= 15 is 0 Å². The van der Waals surface area contributed by atoms with Crippen molar-refractivity contribution in [1.29, 1.82) is 0 Å². The maximum Gasteiger partial charge on any atom is 0.328 e. The second-order valence-corrected chi connectivity index (χ2v) is 7.89. The van der Waals surface area contributed by atoms with Gasteiger partial charge in [0.05, 0.1) is 16.8 Å². The second kappa shape index (κ2) is 6.65. The van der Waals surface area contributed by atoms with Crippen LogP contribution < -0.4 is 16.3 Å². The number of carbonyl (C=O) groups excluding carboxylic acids is 1. The Morgan fingerprint density at radius 2 is 1.79 bits per heavy atom. The zero-order valence-electron chi connectivity index (χ0n) is 14.0. The molecule has 24 heavy (non-hydrogen) atoms. The highest BCUT2D eigenvalue weighted by molar-refractivity contribution is 7.89. The molecule has 0 saturated heterocycles. The van der Waals surface area contributed by atoms with Crippen molar-refractivity contribution in [1.82, 2.24) is 18.8 Å². The molecule has 0 atom stereocenters.